The summed E-state index contributed by atoms with van der Waals surface area (Å²) in [7, 11) is 0. The molecule has 2 aliphatic heterocycles. The van der Waals surface area contributed by atoms with Crippen molar-refractivity contribution in [2.45, 2.75) is 5.41 Å². The molecular formula is C49H31NO2. The molecule has 1 unspecified atom stereocenters. The van der Waals surface area contributed by atoms with E-state index in [2.05, 4.69) is 193 Å². The normalized spacial score (nSPS) is 15.3. The van der Waals surface area contributed by atoms with E-state index in [1.165, 1.54) is 21.8 Å². The lowest BCUT2D eigenvalue weighted by atomic mass is 9.60. The first kappa shape index (κ1) is 28.9. The van der Waals surface area contributed by atoms with Gasteiger partial charge in [0.05, 0.1) is 16.4 Å². The van der Waals surface area contributed by atoms with Crippen molar-refractivity contribution >= 4 is 21.8 Å². The van der Waals surface area contributed by atoms with Gasteiger partial charge in [-0.3, -0.25) is 0 Å². The molecule has 1 atom stereocenters. The average molecular weight is 666 g/mol. The first-order valence-corrected chi connectivity index (χ1v) is 17.8. The highest BCUT2D eigenvalue weighted by Gasteiger charge is 2.52. The Morgan fingerprint density at radius 3 is 1.79 bits per heavy atom. The second kappa shape index (κ2) is 11.1. The van der Waals surface area contributed by atoms with Crippen LogP contribution in [0.4, 0.5) is 0 Å². The van der Waals surface area contributed by atoms with E-state index in [4.69, 9.17) is 9.47 Å². The number of aromatic nitrogens is 1. The fourth-order valence-corrected chi connectivity index (χ4v) is 8.83. The van der Waals surface area contributed by atoms with Crippen LogP contribution >= 0.6 is 0 Å². The maximum Gasteiger partial charge on any atom is 0.140 e. The van der Waals surface area contributed by atoms with Gasteiger partial charge < -0.3 is 14.0 Å². The zero-order valence-electron chi connectivity index (χ0n) is 28.2. The summed E-state index contributed by atoms with van der Waals surface area (Å²) in [5.74, 6) is 3.40. The van der Waals surface area contributed by atoms with Crippen molar-refractivity contribution in [1.29, 1.82) is 0 Å². The number of hydrogen-bond acceptors (Lipinski definition) is 2. The highest BCUT2D eigenvalue weighted by molar-refractivity contribution is 6.10. The van der Waals surface area contributed by atoms with E-state index in [1.807, 2.05) is 0 Å². The summed E-state index contributed by atoms with van der Waals surface area (Å²) in [6, 6.07) is 66.9. The third-order valence-corrected chi connectivity index (χ3v) is 10.9. The third kappa shape index (κ3) is 3.96. The second-order valence-corrected chi connectivity index (χ2v) is 13.6. The van der Waals surface area contributed by atoms with Gasteiger partial charge in [-0.25, -0.2) is 0 Å². The van der Waals surface area contributed by atoms with Gasteiger partial charge in [-0.05, 0) is 65.2 Å². The minimum Gasteiger partial charge on any atom is -0.457 e. The molecule has 0 saturated heterocycles. The van der Waals surface area contributed by atoms with E-state index in [-0.39, 0.29) is 0 Å². The fraction of sp³-hybridized carbons (Fsp3) is 0.0204. The van der Waals surface area contributed by atoms with Gasteiger partial charge in [-0.2, -0.15) is 0 Å². The lowest BCUT2D eigenvalue weighted by Gasteiger charge is -2.46. The largest absolute Gasteiger partial charge is 0.457 e. The summed E-state index contributed by atoms with van der Waals surface area (Å²) in [5.41, 5.74) is 11.6. The van der Waals surface area contributed by atoms with Gasteiger partial charge in [0.15, 0.2) is 0 Å². The van der Waals surface area contributed by atoms with Crippen LogP contribution in [0, 0.1) is 0 Å². The highest BCUT2D eigenvalue weighted by Crippen LogP contribution is 2.64. The Morgan fingerprint density at radius 2 is 0.981 bits per heavy atom. The topological polar surface area (TPSA) is 23.4 Å². The monoisotopic (exact) mass is 665 g/mol. The Labute approximate surface area is 301 Å². The molecule has 0 radical (unpaired) electrons. The van der Waals surface area contributed by atoms with Crippen molar-refractivity contribution in [2.24, 2.45) is 0 Å². The molecule has 1 spiro atoms. The number of nitrogens with zero attached hydrogens (tertiary/aromatic N) is 1. The van der Waals surface area contributed by atoms with Crippen LogP contribution < -0.4 is 9.47 Å². The summed E-state index contributed by atoms with van der Waals surface area (Å²) in [5, 5.41) is 2.43. The molecule has 0 bridgehead atoms. The zero-order valence-corrected chi connectivity index (χ0v) is 28.2. The van der Waals surface area contributed by atoms with E-state index in [9.17, 15) is 0 Å². The van der Waals surface area contributed by atoms with Gasteiger partial charge in [0.2, 0.25) is 0 Å². The molecule has 0 N–H and O–H groups in total. The Bertz CT molecular complexity index is 2840. The number of para-hydroxylation sites is 5. The summed E-state index contributed by atoms with van der Waals surface area (Å²) in [6.45, 7) is 0. The standard InChI is InChI=1S/C49H31NO2/c1-3-15-32(16-4-1)36-21-13-24-41-48(36)52-45-27-12-9-23-40(45)49(41)39-22-8-11-26-44(39)51-46-28-14-20-35(47(46)49)33-29-30-43-38(31-33)37-19-7-10-25-42(37)50(43)34-17-5-2-6-18-34/h1-31H. The molecule has 1 aromatic heterocycles. The number of benzene rings is 8. The van der Waals surface area contributed by atoms with Crippen LogP contribution in [-0.4, -0.2) is 4.57 Å². The SMILES string of the molecule is c1ccc(-c2cccc3c2Oc2ccccc2C32c3ccccc3Oc3cccc(-c4ccc5c(c4)c4ccccc4n5-c4ccccc4)c32)cc1. The summed E-state index contributed by atoms with van der Waals surface area (Å²) in [4.78, 5) is 0. The zero-order chi connectivity index (χ0) is 34.2. The Hall–Kier alpha value is -6.84. The smallest absolute Gasteiger partial charge is 0.140 e. The molecule has 0 fully saturated rings. The summed E-state index contributed by atoms with van der Waals surface area (Å²) >= 11 is 0. The van der Waals surface area contributed by atoms with E-state index < -0.39 is 5.41 Å². The molecular weight excluding hydrogens is 635 g/mol. The minimum absolute atomic E-state index is 0.733. The molecule has 3 nitrogen and oxygen atoms in total. The fourth-order valence-electron chi connectivity index (χ4n) is 8.83. The van der Waals surface area contributed by atoms with Crippen LogP contribution in [0.15, 0.2) is 188 Å². The van der Waals surface area contributed by atoms with Crippen LogP contribution in [0.3, 0.4) is 0 Å². The van der Waals surface area contributed by atoms with Gasteiger partial charge in [0.1, 0.15) is 23.0 Å². The van der Waals surface area contributed by atoms with Crippen molar-refractivity contribution in [1.82, 2.24) is 4.57 Å². The van der Waals surface area contributed by atoms with Crippen molar-refractivity contribution in [3.63, 3.8) is 0 Å². The van der Waals surface area contributed by atoms with Crippen molar-refractivity contribution < 1.29 is 9.47 Å². The van der Waals surface area contributed by atoms with Crippen molar-refractivity contribution in [3.05, 3.63) is 210 Å². The predicted molar refractivity (Wildman–Crippen MR) is 210 cm³/mol. The van der Waals surface area contributed by atoms with Crippen molar-refractivity contribution in [3.8, 4) is 50.9 Å². The molecule has 0 saturated carbocycles. The number of fused-ring (bicyclic) bond motifs is 11. The molecule has 3 heteroatoms. The molecule has 0 aliphatic carbocycles. The van der Waals surface area contributed by atoms with Crippen molar-refractivity contribution in [2.75, 3.05) is 0 Å². The Balaban J connectivity index is 1.25. The van der Waals surface area contributed by atoms with Gasteiger partial charge in [0, 0.05) is 44.3 Å². The first-order valence-electron chi connectivity index (χ1n) is 17.8. The van der Waals surface area contributed by atoms with E-state index in [0.29, 0.717) is 0 Å². The Kier molecular flexibility index (Phi) is 6.17. The lowest BCUT2D eigenvalue weighted by Crippen LogP contribution is -2.37. The first-order chi connectivity index (χ1) is 25.8. The van der Waals surface area contributed by atoms with Gasteiger partial charge in [0.25, 0.3) is 0 Å². The van der Waals surface area contributed by atoms with E-state index >= 15 is 0 Å². The molecule has 3 heterocycles. The molecule has 9 aromatic rings. The predicted octanol–water partition coefficient (Wildman–Crippen LogP) is 12.7. The van der Waals surface area contributed by atoms with Gasteiger partial charge in [-0.15, -0.1) is 0 Å². The van der Waals surface area contributed by atoms with Crippen LogP contribution in [0.25, 0.3) is 49.7 Å². The van der Waals surface area contributed by atoms with E-state index in [0.717, 1.165) is 73.2 Å². The molecule has 8 aromatic carbocycles. The third-order valence-electron chi connectivity index (χ3n) is 10.9. The molecule has 244 valence electrons. The lowest BCUT2D eigenvalue weighted by molar-refractivity contribution is 0.401. The van der Waals surface area contributed by atoms with Crippen LogP contribution in [0.2, 0.25) is 0 Å². The molecule has 0 amide bonds. The molecule has 11 rings (SSSR count). The average Bonchev–Trinajstić information content (AvgIpc) is 3.55. The van der Waals surface area contributed by atoms with E-state index in [1.54, 1.807) is 0 Å². The number of rotatable bonds is 3. The second-order valence-electron chi connectivity index (χ2n) is 13.6. The summed E-state index contributed by atoms with van der Waals surface area (Å²) < 4.78 is 16.2. The highest BCUT2D eigenvalue weighted by atomic mass is 16.5. The Morgan fingerprint density at radius 1 is 0.385 bits per heavy atom. The summed E-state index contributed by atoms with van der Waals surface area (Å²) in [6.07, 6.45) is 0. The van der Waals surface area contributed by atoms with Crippen LogP contribution in [-0.2, 0) is 5.41 Å². The maximum absolute atomic E-state index is 6.97. The quantitative estimate of drug-likeness (QED) is 0.187. The number of hydrogen-bond donors (Lipinski definition) is 0. The van der Waals surface area contributed by atoms with Gasteiger partial charge in [-0.1, -0.05) is 140 Å². The molecule has 2 aliphatic rings. The minimum atomic E-state index is -0.733. The van der Waals surface area contributed by atoms with Crippen LogP contribution in [0.5, 0.6) is 23.0 Å². The van der Waals surface area contributed by atoms with Gasteiger partial charge >= 0.3 is 0 Å². The van der Waals surface area contributed by atoms with Crippen LogP contribution in [0.1, 0.15) is 22.3 Å². The maximum atomic E-state index is 6.97. The molecule has 52 heavy (non-hydrogen) atoms. The number of ether oxygens (including phenoxy) is 2.